The van der Waals surface area contributed by atoms with Crippen LogP contribution in [-0.2, 0) is 0 Å². The van der Waals surface area contributed by atoms with Crippen molar-refractivity contribution < 1.29 is 0 Å². The Hall–Kier alpha value is -0.756. The molecule has 4 nitrogen and oxygen atoms in total. The molecule has 1 aromatic rings. The van der Waals surface area contributed by atoms with Crippen LogP contribution in [0.25, 0.3) is 0 Å². The van der Waals surface area contributed by atoms with Crippen molar-refractivity contribution in [3.05, 3.63) is 12.4 Å². The van der Waals surface area contributed by atoms with Gasteiger partial charge in [-0.3, -0.25) is 0 Å². The molecule has 0 saturated heterocycles. The second-order valence-corrected chi connectivity index (χ2v) is 16.3. The Morgan fingerprint density at radius 1 is 0.762 bits per heavy atom. The molecular formula is C15H32N4Si2. The summed E-state index contributed by atoms with van der Waals surface area (Å²) in [5.74, 6) is 0.909. The summed E-state index contributed by atoms with van der Waals surface area (Å²) in [4.78, 5) is 4.62. The summed E-state index contributed by atoms with van der Waals surface area (Å²) in [6, 6.07) is 7.63. The lowest BCUT2D eigenvalue weighted by Gasteiger charge is -2.52. The number of rotatable bonds is 9. The molecule has 0 atom stereocenters. The Bertz CT molecular complexity index is 369. The summed E-state index contributed by atoms with van der Waals surface area (Å²) in [5, 5.41) is 8.56. The van der Waals surface area contributed by atoms with E-state index in [2.05, 4.69) is 61.0 Å². The molecule has 1 rings (SSSR count). The third kappa shape index (κ3) is 3.36. The third-order valence-electron chi connectivity index (χ3n) is 5.57. The van der Waals surface area contributed by atoms with Crippen molar-refractivity contribution in [2.75, 3.05) is 4.23 Å². The second-order valence-electron chi connectivity index (χ2n) is 5.85. The first kappa shape index (κ1) is 18.3. The van der Waals surface area contributed by atoms with Crippen molar-refractivity contribution >= 4 is 22.4 Å². The van der Waals surface area contributed by atoms with Crippen LogP contribution < -0.4 is 4.23 Å². The first-order valence-electron chi connectivity index (χ1n) is 8.53. The highest BCUT2D eigenvalue weighted by Gasteiger charge is 2.47. The van der Waals surface area contributed by atoms with Gasteiger partial charge in [0.15, 0.2) is 0 Å². The summed E-state index contributed by atoms with van der Waals surface area (Å²) >= 11 is 0. The number of nitrogens with zero attached hydrogens (tertiary/aromatic N) is 4. The SMILES string of the molecule is CC[Si](CC)(CC)N(c1nccnn1)[Si](CC)(CC)CC. The molecule has 1 aromatic heterocycles. The third-order valence-corrected chi connectivity index (χ3v) is 18.6. The standard InChI is InChI=1S/C15H32N4Si2/c1-7-20(8-2,9-3)19(15-16-13-14-17-18-15)21(10-4,11-5)12-6/h13-14H,7-12H2,1-6H3. The normalized spacial score (nSPS) is 12.5. The number of hydrogen-bond donors (Lipinski definition) is 0. The van der Waals surface area contributed by atoms with Crippen LogP contribution in [0.5, 0.6) is 0 Å². The fourth-order valence-electron chi connectivity index (χ4n) is 3.72. The minimum Gasteiger partial charge on any atom is -0.392 e. The molecule has 0 saturated carbocycles. The average Bonchev–Trinajstić information content (AvgIpc) is 2.57. The Morgan fingerprint density at radius 3 is 1.48 bits per heavy atom. The molecule has 0 bridgehead atoms. The van der Waals surface area contributed by atoms with Gasteiger partial charge in [0, 0.05) is 0 Å². The van der Waals surface area contributed by atoms with Gasteiger partial charge < -0.3 is 4.23 Å². The van der Waals surface area contributed by atoms with Gasteiger partial charge in [-0.1, -0.05) is 41.5 Å². The molecule has 0 radical (unpaired) electrons. The lowest BCUT2D eigenvalue weighted by molar-refractivity contribution is 0.931. The van der Waals surface area contributed by atoms with E-state index in [0.29, 0.717) is 0 Å². The molecule has 0 aliphatic carbocycles. The van der Waals surface area contributed by atoms with Crippen LogP contribution in [0.4, 0.5) is 5.95 Å². The van der Waals surface area contributed by atoms with Crippen molar-refractivity contribution in [3.63, 3.8) is 0 Å². The molecule has 0 aliphatic heterocycles. The smallest absolute Gasteiger partial charge is 0.229 e. The van der Waals surface area contributed by atoms with Gasteiger partial charge in [-0.05, 0) is 36.3 Å². The van der Waals surface area contributed by atoms with E-state index in [1.54, 1.807) is 12.4 Å². The lowest BCUT2D eigenvalue weighted by atomic mass is 10.9. The summed E-state index contributed by atoms with van der Waals surface area (Å²) in [6.45, 7) is 14.2. The second kappa shape index (κ2) is 8.03. The fourth-order valence-corrected chi connectivity index (χ4v) is 16.5. The van der Waals surface area contributed by atoms with Crippen molar-refractivity contribution in [3.8, 4) is 0 Å². The van der Waals surface area contributed by atoms with Gasteiger partial charge in [0.25, 0.3) is 0 Å². The molecule has 120 valence electrons. The molecule has 21 heavy (non-hydrogen) atoms. The molecule has 0 aliphatic rings. The van der Waals surface area contributed by atoms with E-state index in [4.69, 9.17) is 0 Å². The van der Waals surface area contributed by atoms with Crippen molar-refractivity contribution in [2.24, 2.45) is 0 Å². The molecule has 0 unspecified atom stereocenters. The quantitative estimate of drug-likeness (QED) is 0.618. The Balaban J connectivity index is 3.49. The zero-order chi connectivity index (χ0) is 15.9. The highest BCUT2D eigenvalue weighted by molar-refractivity contribution is 7.02. The number of anilines is 1. The van der Waals surface area contributed by atoms with E-state index in [1.807, 2.05) is 0 Å². The van der Waals surface area contributed by atoms with Gasteiger partial charge in [-0.2, -0.15) is 5.10 Å². The molecule has 1 heterocycles. The summed E-state index contributed by atoms with van der Waals surface area (Å²) in [5.41, 5.74) is 0. The van der Waals surface area contributed by atoms with E-state index in [1.165, 1.54) is 36.3 Å². The maximum atomic E-state index is 4.62. The monoisotopic (exact) mass is 324 g/mol. The minimum atomic E-state index is -1.56. The summed E-state index contributed by atoms with van der Waals surface area (Å²) in [7, 11) is -3.11. The highest BCUT2D eigenvalue weighted by atomic mass is 28.4. The van der Waals surface area contributed by atoms with E-state index >= 15 is 0 Å². The summed E-state index contributed by atoms with van der Waals surface area (Å²) in [6.07, 6.45) is 3.48. The van der Waals surface area contributed by atoms with Crippen LogP contribution in [0.15, 0.2) is 12.4 Å². The maximum Gasteiger partial charge on any atom is 0.229 e. The molecule has 6 heteroatoms. The Kier molecular flexibility index (Phi) is 6.99. The number of aromatic nitrogens is 3. The van der Waals surface area contributed by atoms with Crippen LogP contribution in [0, 0.1) is 0 Å². The molecular weight excluding hydrogens is 292 g/mol. The van der Waals surface area contributed by atoms with Gasteiger partial charge in [-0.15, -0.1) is 5.10 Å². The lowest BCUT2D eigenvalue weighted by Crippen LogP contribution is -2.67. The maximum absolute atomic E-state index is 4.62. The highest BCUT2D eigenvalue weighted by Crippen LogP contribution is 2.37. The van der Waals surface area contributed by atoms with Crippen molar-refractivity contribution in [1.82, 2.24) is 15.2 Å². The molecule has 0 N–H and O–H groups in total. The number of hydrogen-bond acceptors (Lipinski definition) is 4. The fraction of sp³-hybridized carbons (Fsp3) is 0.800. The average molecular weight is 325 g/mol. The first-order chi connectivity index (χ1) is 10.1. The van der Waals surface area contributed by atoms with Crippen LogP contribution in [0.3, 0.4) is 0 Å². The zero-order valence-corrected chi connectivity index (χ0v) is 16.7. The van der Waals surface area contributed by atoms with Gasteiger partial charge >= 0.3 is 0 Å². The van der Waals surface area contributed by atoms with E-state index in [-0.39, 0.29) is 0 Å². The molecule has 0 amide bonds. The largest absolute Gasteiger partial charge is 0.392 e. The van der Waals surface area contributed by atoms with Crippen LogP contribution >= 0.6 is 0 Å². The Labute approximate surface area is 132 Å². The predicted octanol–water partition coefficient (Wildman–Crippen LogP) is 4.69. The zero-order valence-electron chi connectivity index (χ0n) is 14.7. The van der Waals surface area contributed by atoms with Gasteiger partial charge in [0.2, 0.25) is 5.95 Å². The minimum absolute atomic E-state index is 0.909. The van der Waals surface area contributed by atoms with Crippen LogP contribution in [0.2, 0.25) is 36.3 Å². The summed E-state index contributed by atoms with van der Waals surface area (Å²) < 4.78 is 2.78. The first-order valence-corrected chi connectivity index (χ1v) is 13.7. The Morgan fingerprint density at radius 2 is 1.19 bits per heavy atom. The topological polar surface area (TPSA) is 41.9 Å². The predicted molar refractivity (Wildman–Crippen MR) is 96.7 cm³/mol. The molecule has 0 spiro atoms. The van der Waals surface area contributed by atoms with Crippen LogP contribution in [0.1, 0.15) is 41.5 Å². The molecule has 0 fully saturated rings. The van der Waals surface area contributed by atoms with Crippen LogP contribution in [-0.4, -0.2) is 31.7 Å². The van der Waals surface area contributed by atoms with Gasteiger partial charge in [0.05, 0.1) is 12.4 Å². The van der Waals surface area contributed by atoms with E-state index < -0.39 is 16.5 Å². The molecule has 0 aromatic carbocycles. The van der Waals surface area contributed by atoms with Crippen molar-refractivity contribution in [2.45, 2.75) is 77.8 Å². The van der Waals surface area contributed by atoms with E-state index in [0.717, 1.165) is 5.95 Å². The van der Waals surface area contributed by atoms with Gasteiger partial charge in [-0.25, -0.2) is 4.98 Å². The van der Waals surface area contributed by atoms with E-state index in [9.17, 15) is 0 Å². The van der Waals surface area contributed by atoms with Crippen molar-refractivity contribution in [1.29, 1.82) is 0 Å². The van der Waals surface area contributed by atoms with Gasteiger partial charge in [0.1, 0.15) is 16.5 Å².